The second-order valence-electron chi connectivity index (χ2n) is 7.05. The van der Waals surface area contributed by atoms with Crippen molar-refractivity contribution in [2.75, 3.05) is 26.4 Å². The number of rotatable bonds is 10. The lowest BCUT2D eigenvalue weighted by atomic mass is 9.94. The van der Waals surface area contributed by atoms with E-state index in [0.717, 1.165) is 25.9 Å². The molecule has 1 aliphatic rings. The van der Waals surface area contributed by atoms with E-state index < -0.39 is 6.10 Å². The van der Waals surface area contributed by atoms with Crippen molar-refractivity contribution in [1.29, 1.82) is 0 Å². The minimum Gasteiger partial charge on any atom is -0.389 e. The first-order valence-corrected chi connectivity index (χ1v) is 9.29. The summed E-state index contributed by atoms with van der Waals surface area (Å²) in [6.07, 6.45) is 2.96. The second-order valence-corrected chi connectivity index (χ2v) is 7.05. The van der Waals surface area contributed by atoms with Crippen molar-refractivity contribution in [1.82, 2.24) is 5.32 Å². The predicted molar refractivity (Wildman–Crippen MR) is 97.2 cm³/mol. The minimum atomic E-state index is -0.498. The van der Waals surface area contributed by atoms with Gasteiger partial charge in [0.15, 0.2) is 0 Å². The molecular weight excluding hydrogens is 302 g/mol. The molecule has 0 spiro atoms. The van der Waals surface area contributed by atoms with Crippen molar-refractivity contribution in [2.45, 2.75) is 58.3 Å². The molecule has 136 valence electrons. The Bertz CT molecular complexity index is 454. The van der Waals surface area contributed by atoms with Crippen molar-refractivity contribution in [3.05, 3.63) is 35.4 Å². The van der Waals surface area contributed by atoms with Crippen LogP contribution in [0.5, 0.6) is 0 Å². The van der Waals surface area contributed by atoms with Crippen molar-refractivity contribution >= 4 is 0 Å². The first-order valence-electron chi connectivity index (χ1n) is 9.29. The SMILES string of the molecule is CCc1ccc(C(NCC(O)COCC2CCCO2)C(C)C)cc1. The molecule has 1 heterocycles. The predicted octanol–water partition coefficient (Wildman–Crippen LogP) is 3.09. The third-order valence-corrected chi connectivity index (χ3v) is 4.63. The summed E-state index contributed by atoms with van der Waals surface area (Å²) in [5.74, 6) is 0.456. The van der Waals surface area contributed by atoms with Gasteiger partial charge < -0.3 is 19.9 Å². The average molecular weight is 335 g/mol. The fourth-order valence-corrected chi connectivity index (χ4v) is 3.13. The molecule has 4 heteroatoms. The van der Waals surface area contributed by atoms with E-state index in [-0.39, 0.29) is 12.1 Å². The minimum absolute atomic E-state index is 0.214. The quantitative estimate of drug-likeness (QED) is 0.690. The summed E-state index contributed by atoms with van der Waals surface area (Å²) in [6.45, 7) is 8.88. The third kappa shape index (κ3) is 6.17. The van der Waals surface area contributed by atoms with Crippen LogP contribution >= 0.6 is 0 Å². The highest BCUT2D eigenvalue weighted by Crippen LogP contribution is 2.22. The molecule has 1 saturated heterocycles. The van der Waals surface area contributed by atoms with Gasteiger partial charge >= 0.3 is 0 Å². The molecule has 2 N–H and O–H groups in total. The molecule has 0 bridgehead atoms. The number of aryl methyl sites for hydroxylation is 1. The van der Waals surface area contributed by atoms with Crippen LogP contribution in [0, 0.1) is 5.92 Å². The molecular formula is C20H33NO3. The number of benzene rings is 1. The summed E-state index contributed by atoms with van der Waals surface area (Å²) in [4.78, 5) is 0. The highest BCUT2D eigenvalue weighted by molar-refractivity contribution is 5.25. The van der Waals surface area contributed by atoms with Gasteiger partial charge in [-0.25, -0.2) is 0 Å². The van der Waals surface area contributed by atoms with Crippen molar-refractivity contribution < 1.29 is 14.6 Å². The Labute approximate surface area is 146 Å². The average Bonchev–Trinajstić information content (AvgIpc) is 3.08. The second kappa shape index (κ2) is 10.1. The summed E-state index contributed by atoms with van der Waals surface area (Å²) in [5.41, 5.74) is 2.62. The molecule has 4 nitrogen and oxygen atoms in total. The van der Waals surface area contributed by atoms with Crippen molar-refractivity contribution in [3.63, 3.8) is 0 Å². The molecule has 0 saturated carbocycles. The fraction of sp³-hybridized carbons (Fsp3) is 0.700. The van der Waals surface area contributed by atoms with Crippen LogP contribution in [-0.4, -0.2) is 43.7 Å². The molecule has 24 heavy (non-hydrogen) atoms. The van der Waals surface area contributed by atoms with Crippen LogP contribution in [0.3, 0.4) is 0 Å². The number of aliphatic hydroxyl groups excluding tert-OH is 1. The van der Waals surface area contributed by atoms with Crippen LogP contribution in [0.25, 0.3) is 0 Å². The zero-order chi connectivity index (χ0) is 17.4. The zero-order valence-electron chi connectivity index (χ0n) is 15.3. The van der Waals surface area contributed by atoms with Crippen molar-refractivity contribution in [3.8, 4) is 0 Å². The van der Waals surface area contributed by atoms with E-state index in [4.69, 9.17) is 9.47 Å². The van der Waals surface area contributed by atoms with E-state index in [1.54, 1.807) is 0 Å². The largest absolute Gasteiger partial charge is 0.389 e. The molecule has 0 aromatic heterocycles. The molecule has 3 unspecified atom stereocenters. The van der Waals surface area contributed by atoms with Crippen LogP contribution in [0.1, 0.15) is 50.8 Å². The van der Waals surface area contributed by atoms with Gasteiger partial charge in [-0.3, -0.25) is 0 Å². The zero-order valence-corrected chi connectivity index (χ0v) is 15.3. The van der Waals surface area contributed by atoms with Crippen LogP contribution in [-0.2, 0) is 15.9 Å². The van der Waals surface area contributed by atoms with Gasteiger partial charge in [0.1, 0.15) is 0 Å². The molecule has 1 aromatic rings. The van der Waals surface area contributed by atoms with Crippen LogP contribution in [0.15, 0.2) is 24.3 Å². The molecule has 0 radical (unpaired) electrons. The van der Waals surface area contributed by atoms with Gasteiger partial charge in [0.25, 0.3) is 0 Å². The van der Waals surface area contributed by atoms with Gasteiger partial charge in [0.2, 0.25) is 0 Å². The molecule has 1 fully saturated rings. The van der Waals surface area contributed by atoms with E-state index in [0.29, 0.717) is 25.7 Å². The lowest BCUT2D eigenvalue weighted by Crippen LogP contribution is -2.35. The van der Waals surface area contributed by atoms with E-state index in [1.165, 1.54) is 11.1 Å². The Kier molecular flexibility index (Phi) is 8.19. The van der Waals surface area contributed by atoms with Gasteiger partial charge in [-0.05, 0) is 36.3 Å². The number of hydrogen-bond acceptors (Lipinski definition) is 4. The Morgan fingerprint density at radius 3 is 2.62 bits per heavy atom. The smallest absolute Gasteiger partial charge is 0.0897 e. The van der Waals surface area contributed by atoms with Gasteiger partial charge in [-0.1, -0.05) is 45.0 Å². The lowest BCUT2D eigenvalue weighted by molar-refractivity contribution is -0.0172. The first-order chi connectivity index (χ1) is 11.6. The summed E-state index contributed by atoms with van der Waals surface area (Å²) in [6, 6.07) is 9.00. The maximum Gasteiger partial charge on any atom is 0.0897 e. The summed E-state index contributed by atoms with van der Waals surface area (Å²) in [7, 11) is 0. The molecule has 1 aliphatic heterocycles. The third-order valence-electron chi connectivity index (χ3n) is 4.63. The van der Waals surface area contributed by atoms with Crippen LogP contribution in [0.4, 0.5) is 0 Å². The summed E-state index contributed by atoms with van der Waals surface area (Å²) in [5, 5.41) is 13.6. The van der Waals surface area contributed by atoms with Crippen LogP contribution < -0.4 is 5.32 Å². The molecule has 3 atom stereocenters. The lowest BCUT2D eigenvalue weighted by Gasteiger charge is -2.25. The van der Waals surface area contributed by atoms with Crippen molar-refractivity contribution in [2.24, 2.45) is 5.92 Å². The number of aliphatic hydroxyl groups is 1. The molecule has 2 rings (SSSR count). The monoisotopic (exact) mass is 335 g/mol. The first kappa shape index (κ1) is 19.4. The molecule has 1 aromatic carbocycles. The molecule has 0 aliphatic carbocycles. The standard InChI is InChI=1S/C20H33NO3/c1-4-16-7-9-17(10-8-16)20(15(2)3)21-12-18(22)13-23-14-19-6-5-11-24-19/h7-10,15,18-22H,4-6,11-14H2,1-3H3. The number of hydrogen-bond donors (Lipinski definition) is 2. The Morgan fingerprint density at radius 1 is 1.29 bits per heavy atom. The molecule has 0 amide bonds. The normalized spacial score (nSPS) is 20.5. The Balaban J connectivity index is 1.75. The van der Waals surface area contributed by atoms with E-state index in [1.807, 2.05) is 0 Å². The van der Waals surface area contributed by atoms with Gasteiger partial charge in [-0.2, -0.15) is 0 Å². The van der Waals surface area contributed by atoms with Gasteiger partial charge in [0.05, 0.1) is 25.4 Å². The number of ether oxygens (including phenoxy) is 2. The fourth-order valence-electron chi connectivity index (χ4n) is 3.13. The topological polar surface area (TPSA) is 50.7 Å². The Morgan fingerprint density at radius 2 is 2.04 bits per heavy atom. The Hall–Kier alpha value is -0.940. The van der Waals surface area contributed by atoms with Gasteiger partial charge in [-0.15, -0.1) is 0 Å². The van der Waals surface area contributed by atoms with E-state index in [9.17, 15) is 5.11 Å². The maximum atomic E-state index is 10.2. The summed E-state index contributed by atoms with van der Waals surface area (Å²) < 4.78 is 11.1. The highest BCUT2D eigenvalue weighted by atomic mass is 16.5. The maximum absolute atomic E-state index is 10.2. The van der Waals surface area contributed by atoms with Gasteiger partial charge in [0, 0.05) is 19.2 Å². The van der Waals surface area contributed by atoms with E-state index in [2.05, 4.69) is 50.4 Å². The highest BCUT2D eigenvalue weighted by Gasteiger charge is 2.18. The van der Waals surface area contributed by atoms with Crippen LogP contribution in [0.2, 0.25) is 0 Å². The summed E-state index contributed by atoms with van der Waals surface area (Å²) >= 11 is 0. The van der Waals surface area contributed by atoms with E-state index >= 15 is 0 Å². The number of nitrogens with one attached hydrogen (secondary N) is 1.